The molecule has 92 valence electrons. The van der Waals surface area contributed by atoms with Gasteiger partial charge in [-0.2, -0.15) is 0 Å². The van der Waals surface area contributed by atoms with Crippen LogP contribution in [0.15, 0.2) is 0 Å². The topological polar surface area (TPSA) is 20.2 Å². The first-order valence-corrected chi connectivity index (χ1v) is 6.94. The third kappa shape index (κ3) is 1.21. The van der Waals surface area contributed by atoms with Gasteiger partial charge in [-0.15, -0.1) is 0 Å². The fraction of sp³-hybridized carbons (Fsp3) is 1.00. The lowest BCUT2D eigenvalue weighted by Gasteiger charge is -2.36. The molecule has 0 radical (unpaired) electrons. The highest BCUT2D eigenvalue weighted by atomic mass is 16.3. The lowest BCUT2D eigenvalue weighted by atomic mass is 9.69. The van der Waals surface area contributed by atoms with E-state index in [0.29, 0.717) is 17.4 Å². The molecule has 0 aromatic carbocycles. The summed E-state index contributed by atoms with van der Waals surface area (Å²) in [6.07, 6.45) is 5.56. The van der Waals surface area contributed by atoms with Crippen LogP contribution in [0, 0.1) is 34.0 Å². The van der Waals surface area contributed by atoms with Crippen LogP contribution < -0.4 is 0 Å². The van der Waals surface area contributed by atoms with E-state index in [2.05, 4.69) is 27.7 Å². The van der Waals surface area contributed by atoms with Crippen LogP contribution in [0.2, 0.25) is 0 Å². The van der Waals surface area contributed by atoms with E-state index in [4.69, 9.17) is 0 Å². The van der Waals surface area contributed by atoms with E-state index >= 15 is 0 Å². The average molecular weight is 222 g/mol. The van der Waals surface area contributed by atoms with Gasteiger partial charge in [-0.25, -0.2) is 0 Å². The maximum absolute atomic E-state index is 9.35. The Hall–Kier alpha value is -0.0400. The Labute approximate surface area is 99.6 Å². The van der Waals surface area contributed by atoms with Gasteiger partial charge in [0.25, 0.3) is 0 Å². The zero-order chi connectivity index (χ0) is 11.8. The summed E-state index contributed by atoms with van der Waals surface area (Å²) in [6, 6.07) is 0. The molecule has 1 unspecified atom stereocenters. The van der Waals surface area contributed by atoms with Crippen molar-refractivity contribution in [3.63, 3.8) is 0 Å². The van der Waals surface area contributed by atoms with Crippen LogP contribution in [0.5, 0.6) is 0 Å². The van der Waals surface area contributed by atoms with Gasteiger partial charge in [-0.1, -0.05) is 27.7 Å². The highest BCUT2D eigenvalue weighted by Crippen LogP contribution is 2.75. The van der Waals surface area contributed by atoms with Crippen molar-refractivity contribution in [3.8, 4) is 0 Å². The summed E-state index contributed by atoms with van der Waals surface area (Å²) in [5.74, 6) is 2.74. The zero-order valence-electron chi connectivity index (χ0n) is 11.2. The number of fused-ring (bicyclic) bond motifs is 1. The van der Waals surface area contributed by atoms with Crippen LogP contribution >= 0.6 is 0 Å². The molecule has 1 nitrogen and oxygen atoms in total. The van der Waals surface area contributed by atoms with E-state index in [-0.39, 0.29) is 5.41 Å². The molecule has 3 fully saturated rings. The molecule has 0 saturated heterocycles. The summed E-state index contributed by atoms with van der Waals surface area (Å²) in [5.41, 5.74) is 1.47. The fourth-order valence-corrected chi connectivity index (χ4v) is 4.49. The molecule has 0 aromatic rings. The molecule has 0 amide bonds. The predicted molar refractivity (Wildman–Crippen MR) is 66.0 cm³/mol. The van der Waals surface area contributed by atoms with Crippen LogP contribution in [-0.2, 0) is 0 Å². The van der Waals surface area contributed by atoms with E-state index in [0.717, 1.165) is 17.8 Å². The largest absolute Gasteiger partial charge is 0.396 e. The monoisotopic (exact) mass is 222 g/mol. The van der Waals surface area contributed by atoms with Gasteiger partial charge in [0, 0.05) is 6.61 Å². The Morgan fingerprint density at radius 3 is 2.19 bits per heavy atom. The first kappa shape index (κ1) is 11.1. The van der Waals surface area contributed by atoms with Crippen molar-refractivity contribution in [2.24, 2.45) is 34.0 Å². The van der Waals surface area contributed by atoms with Crippen LogP contribution in [0.25, 0.3) is 0 Å². The molecular weight excluding hydrogens is 196 g/mol. The normalized spacial score (nSPS) is 57.2. The number of aliphatic hydroxyl groups excluding tert-OH is 1. The van der Waals surface area contributed by atoms with Crippen LogP contribution in [0.4, 0.5) is 0 Å². The molecule has 3 rings (SSSR count). The molecule has 3 saturated carbocycles. The van der Waals surface area contributed by atoms with Gasteiger partial charge >= 0.3 is 0 Å². The third-order valence-corrected chi connectivity index (χ3v) is 6.94. The second-order valence-electron chi connectivity index (χ2n) is 7.92. The maximum Gasteiger partial charge on any atom is 0.0487 e. The zero-order valence-corrected chi connectivity index (χ0v) is 11.2. The molecule has 16 heavy (non-hydrogen) atoms. The summed E-state index contributed by atoms with van der Waals surface area (Å²) in [4.78, 5) is 0. The summed E-state index contributed by atoms with van der Waals surface area (Å²) >= 11 is 0. The lowest BCUT2D eigenvalue weighted by Crippen LogP contribution is -2.28. The summed E-state index contributed by atoms with van der Waals surface area (Å²) in [7, 11) is 0. The van der Waals surface area contributed by atoms with Crippen molar-refractivity contribution in [1.29, 1.82) is 0 Å². The van der Waals surface area contributed by atoms with Gasteiger partial charge in [-0.05, 0) is 59.7 Å². The number of aliphatic hydroxyl groups is 1. The first-order valence-electron chi connectivity index (χ1n) is 6.94. The van der Waals surface area contributed by atoms with Gasteiger partial charge in [-0.3, -0.25) is 0 Å². The molecular formula is C15H26O. The maximum atomic E-state index is 9.35. The molecule has 1 heteroatoms. The SMILES string of the molecule is CC1(C)[C@@H](C[C@@H]2C[C@@]2(C)CO)CC2C[C@@]21C. The highest BCUT2D eigenvalue weighted by Gasteiger charge is 2.68. The van der Waals surface area contributed by atoms with E-state index in [1.165, 1.54) is 25.7 Å². The number of hydrogen-bond acceptors (Lipinski definition) is 1. The average Bonchev–Trinajstić information content (AvgIpc) is 3.03. The first-order chi connectivity index (χ1) is 7.33. The molecule has 3 aliphatic carbocycles. The summed E-state index contributed by atoms with van der Waals surface area (Å²) in [5, 5.41) is 9.35. The van der Waals surface area contributed by atoms with Crippen molar-refractivity contribution in [2.75, 3.05) is 6.61 Å². The minimum atomic E-state index is 0.282. The number of hydrogen-bond donors (Lipinski definition) is 1. The Balaban J connectivity index is 1.66. The standard InChI is InChI=1S/C15H26O/c1-13(2)10(6-12-8-15(12,13)4)5-11-7-14(11,3)9-16/h10-12,16H,5-9H2,1-4H3/t10-,11+,12?,14-,15-/m0/s1. The van der Waals surface area contributed by atoms with Crippen molar-refractivity contribution in [2.45, 2.75) is 53.4 Å². The van der Waals surface area contributed by atoms with Gasteiger partial charge in [0.15, 0.2) is 0 Å². The van der Waals surface area contributed by atoms with E-state index in [1.807, 2.05) is 0 Å². The Morgan fingerprint density at radius 2 is 1.75 bits per heavy atom. The van der Waals surface area contributed by atoms with Crippen molar-refractivity contribution in [1.82, 2.24) is 0 Å². The molecule has 0 spiro atoms. The van der Waals surface area contributed by atoms with Crippen molar-refractivity contribution in [3.05, 3.63) is 0 Å². The smallest absolute Gasteiger partial charge is 0.0487 e. The van der Waals surface area contributed by atoms with Gasteiger partial charge in [0.1, 0.15) is 0 Å². The summed E-state index contributed by atoms with van der Waals surface area (Å²) in [6.45, 7) is 10.1. The predicted octanol–water partition coefficient (Wildman–Crippen LogP) is 3.47. The van der Waals surface area contributed by atoms with Gasteiger partial charge in [0.05, 0.1) is 0 Å². The van der Waals surface area contributed by atoms with Crippen molar-refractivity contribution >= 4 is 0 Å². The molecule has 5 atom stereocenters. The minimum absolute atomic E-state index is 0.282. The Bertz CT molecular complexity index is 321. The summed E-state index contributed by atoms with van der Waals surface area (Å²) < 4.78 is 0. The van der Waals surface area contributed by atoms with Crippen molar-refractivity contribution < 1.29 is 5.11 Å². The Morgan fingerprint density at radius 1 is 1.06 bits per heavy atom. The molecule has 3 aliphatic rings. The van der Waals surface area contributed by atoms with Crippen LogP contribution in [0.3, 0.4) is 0 Å². The van der Waals surface area contributed by atoms with Crippen LogP contribution in [-0.4, -0.2) is 11.7 Å². The molecule has 0 heterocycles. The molecule has 1 N–H and O–H groups in total. The highest BCUT2D eigenvalue weighted by molar-refractivity contribution is 5.16. The third-order valence-electron chi connectivity index (χ3n) is 6.94. The second kappa shape index (κ2) is 2.85. The van der Waals surface area contributed by atoms with E-state index in [1.54, 1.807) is 0 Å². The van der Waals surface area contributed by atoms with E-state index in [9.17, 15) is 5.11 Å². The van der Waals surface area contributed by atoms with Crippen LogP contribution in [0.1, 0.15) is 53.4 Å². The van der Waals surface area contributed by atoms with Gasteiger partial charge < -0.3 is 5.11 Å². The quantitative estimate of drug-likeness (QED) is 0.775. The number of rotatable bonds is 3. The lowest BCUT2D eigenvalue weighted by molar-refractivity contribution is 0.126. The minimum Gasteiger partial charge on any atom is -0.396 e. The molecule has 0 aromatic heterocycles. The Kier molecular flexibility index (Phi) is 1.98. The fourth-order valence-electron chi connectivity index (χ4n) is 4.49. The second-order valence-corrected chi connectivity index (χ2v) is 7.92. The molecule has 0 aliphatic heterocycles. The van der Waals surface area contributed by atoms with Gasteiger partial charge in [0.2, 0.25) is 0 Å². The van der Waals surface area contributed by atoms with E-state index < -0.39 is 0 Å². The molecule has 0 bridgehead atoms.